The summed E-state index contributed by atoms with van der Waals surface area (Å²) in [5, 5.41) is 3.30. The third-order valence-electron chi connectivity index (χ3n) is 3.67. The number of nitrogens with one attached hydrogen (secondary N) is 1. The van der Waals surface area contributed by atoms with Gasteiger partial charge in [0.2, 0.25) is 0 Å². The molecule has 104 valence electrons. The van der Waals surface area contributed by atoms with E-state index in [4.69, 9.17) is 4.74 Å². The number of fused-ring (bicyclic) bond motifs is 1. The van der Waals surface area contributed by atoms with Gasteiger partial charge < -0.3 is 10.1 Å². The topological polar surface area (TPSA) is 21.3 Å². The highest BCUT2D eigenvalue weighted by atomic mass is 79.9. The third kappa shape index (κ3) is 2.45. The predicted octanol–water partition coefficient (Wildman–Crippen LogP) is 4.37. The molecule has 2 unspecified atom stereocenters. The van der Waals surface area contributed by atoms with Gasteiger partial charge in [0.15, 0.2) is 0 Å². The molecule has 1 aliphatic rings. The Morgan fingerprint density at radius 3 is 2.80 bits per heavy atom. The summed E-state index contributed by atoms with van der Waals surface area (Å²) in [5.41, 5.74) is 2.00. The second-order valence-corrected chi connectivity index (χ2v) is 5.74. The van der Waals surface area contributed by atoms with Crippen LogP contribution in [0.4, 0.5) is 4.39 Å². The Hall–Kier alpha value is -1.39. The predicted molar refractivity (Wildman–Crippen MR) is 80.3 cm³/mol. The third-order valence-corrected chi connectivity index (χ3v) is 4.39. The van der Waals surface area contributed by atoms with E-state index in [2.05, 4.69) is 27.3 Å². The molecule has 1 heterocycles. The fourth-order valence-corrected chi connectivity index (χ4v) is 3.15. The fourth-order valence-electron chi connectivity index (χ4n) is 2.64. The molecular weight excluding hydrogens is 321 g/mol. The van der Waals surface area contributed by atoms with Crippen molar-refractivity contribution in [3.63, 3.8) is 0 Å². The average molecular weight is 336 g/mol. The Balaban J connectivity index is 2.00. The molecule has 0 bridgehead atoms. The summed E-state index contributed by atoms with van der Waals surface area (Å²) >= 11 is 3.48. The average Bonchev–Trinajstić information content (AvgIpc) is 2.48. The second kappa shape index (κ2) is 5.54. The van der Waals surface area contributed by atoms with E-state index in [-0.39, 0.29) is 18.0 Å². The van der Waals surface area contributed by atoms with Gasteiger partial charge in [0.05, 0.1) is 0 Å². The normalized spacial score (nSPS) is 21.1. The number of halogens is 2. The number of hydrogen-bond acceptors (Lipinski definition) is 2. The standard InChI is InChI=1S/C16H15BrFNO/c1-19-14-9-16(12-8-10(18)6-7-13(12)17)20-15-5-3-2-4-11(14)15/h2-8,14,16,19H,9H2,1H3. The summed E-state index contributed by atoms with van der Waals surface area (Å²) in [6, 6.07) is 12.9. The van der Waals surface area contributed by atoms with Crippen LogP contribution in [0.5, 0.6) is 5.75 Å². The van der Waals surface area contributed by atoms with Crippen molar-refractivity contribution < 1.29 is 9.13 Å². The molecule has 0 saturated heterocycles. The molecule has 2 nitrogen and oxygen atoms in total. The summed E-state index contributed by atoms with van der Waals surface area (Å²) < 4.78 is 20.4. The lowest BCUT2D eigenvalue weighted by molar-refractivity contribution is 0.153. The van der Waals surface area contributed by atoms with Crippen molar-refractivity contribution in [3.05, 3.63) is 63.9 Å². The van der Waals surface area contributed by atoms with Gasteiger partial charge in [-0.05, 0) is 31.3 Å². The van der Waals surface area contributed by atoms with Gasteiger partial charge >= 0.3 is 0 Å². The van der Waals surface area contributed by atoms with E-state index >= 15 is 0 Å². The molecule has 1 N–H and O–H groups in total. The molecule has 0 saturated carbocycles. The van der Waals surface area contributed by atoms with E-state index in [1.807, 2.05) is 25.2 Å². The number of benzene rings is 2. The van der Waals surface area contributed by atoms with Crippen LogP contribution in [0.3, 0.4) is 0 Å². The van der Waals surface area contributed by atoms with E-state index < -0.39 is 0 Å². The summed E-state index contributed by atoms with van der Waals surface area (Å²) in [7, 11) is 1.93. The zero-order valence-corrected chi connectivity index (χ0v) is 12.7. The van der Waals surface area contributed by atoms with Crippen molar-refractivity contribution >= 4 is 15.9 Å². The maximum absolute atomic E-state index is 13.5. The molecular formula is C16H15BrFNO. The number of rotatable bonds is 2. The zero-order valence-electron chi connectivity index (χ0n) is 11.1. The highest BCUT2D eigenvalue weighted by Gasteiger charge is 2.29. The molecule has 0 aliphatic carbocycles. The lowest BCUT2D eigenvalue weighted by atomic mass is 9.93. The number of para-hydroxylation sites is 1. The molecule has 2 aromatic carbocycles. The quantitative estimate of drug-likeness (QED) is 0.879. The van der Waals surface area contributed by atoms with Gasteiger partial charge in [-0.1, -0.05) is 34.1 Å². The molecule has 3 rings (SSSR count). The monoisotopic (exact) mass is 335 g/mol. The maximum Gasteiger partial charge on any atom is 0.127 e. The Labute approximate surface area is 126 Å². The van der Waals surface area contributed by atoms with Crippen LogP contribution in [0.15, 0.2) is 46.9 Å². The first-order valence-electron chi connectivity index (χ1n) is 6.57. The van der Waals surface area contributed by atoms with Gasteiger partial charge in [0.1, 0.15) is 17.7 Å². The molecule has 0 amide bonds. The molecule has 2 atom stereocenters. The van der Waals surface area contributed by atoms with Gasteiger partial charge in [-0.25, -0.2) is 4.39 Å². The molecule has 4 heteroatoms. The molecule has 2 aromatic rings. The minimum Gasteiger partial charge on any atom is -0.485 e. The number of hydrogen-bond donors (Lipinski definition) is 1. The minimum atomic E-state index is -0.244. The highest BCUT2D eigenvalue weighted by molar-refractivity contribution is 9.10. The van der Waals surface area contributed by atoms with E-state index in [0.717, 1.165) is 27.8 Å². The lowest BCUT2D eigenvalue weighted by Gasteiger charge is -2.32. The van der Waals surface area contributed by atoms with Crippen LogP contribution in [0.2, 0.25) is 0 Å². The second-order valence-electron chi connectivity index (χ2n) is 4.89. The Bertz CT molecular complexity index is 632. The van der Waals surface area contributed by atoms with Gasteiger partial charge in [0, 0.05) is 28.1 Å². The highest BCUT2D eigenvalue weighted by Crippen LogP contribution is 2.42. The zero-order chi connectivity index (χ0) is 14.1. The first-order valence-corrected chi connectivity index (χ1v) is 7.36. The van der Waals surface area contributed by atoms with E-state index in [1.54, 1.807) is 6.07 Å². The van der Waals surface area contributed by atoms with Gasteiger partial charge in [-0.3, -0.25) is 0 Å². The summed E-state index contributed by atoms with van der Waals surface area (Å²) in [5.74, 6) is 0.617. The SMILES string of the molecule is CNC1CC(c2cc(F)ccc2Br)Oc2ccccc21. The van der Waals surface area contributed by atoms with Crippen molar-refractivity contribution in [1.29, 1.82) is 0 Å². The van der Waals surface area contributed by atoms with Crippen molar-refractivity contribution in [1.82, 2.24) is 5.32 Å². The molecule has 1 aliphatic heterocycles. The Morgan fingerprint density at radius 2 is 2.00 bits per heavy atom. The largest absolute Gasteiger partial charge is 0.485 e. The summed E-state index contributed by atoms with van der Waals surface area (Å²) in [6.07, 6.45) is 0.614. The van der Waals surface area contributed by atoms with Crippen LogP contribution in [0.1, 0.15) is 29.7 Å². The van der Waals surface area contributed by atoms with Gasteiger partial charge in [-0.15, -0.1) is 0 Å². The van der Waals surface area contributed by atoms with Crippen LogP contribution in [-0.2, 0) is 0 Å². The van der Waals surface area contributed by atoms with Crippen LogP contribution < -0.4 is 10.1 Å². The fraction of sp³-hybridized carbons (Fsp3) is 0.250. The van der Waals surface area contributed by atoms with Crippen molar-refractivity contribution in [2.24, 2.45) is 0 Å². The molecule has 0 radical (unpaired) electrons. The maximum atomic E-state index is 13.5. The lowest BCUT2D eigenvalue weighted by Crippen LogP contribution is -2.26. The van der Waals surface area contributed by atoms with Crippen molar-refractivity contribution in [3.8, 4) is 5.75 Å². The van der Waals surface area contributed by atoms with E-state index in [0.29, 0.717) is 0 Å². The van der Waals surface area contributed by atoms with Crippen LogP contribution in [-0.4, -0.2) is 7.05 Å². The van der Waals surface area contributed by atoms with E-state index in [9.17, 15) is 4.39 Å². The minimum absolute atomic E-state index is 0.160. The molecule has 20 heavy (non-hydrogen) atoms. The number of ether oxygens (including phenoxy) is 1. The summed E-state index contributed by atoms with van der Waals surface area (Å²) in [6.45, 7) is 0. The molecule has 0 aromatic heterocycles. The van der Waals surface area contributed by atoms with Gasteiger partial charge in [0.25, 0.3) is 0 Å². The van der Waals surface area contributed by atoms with Crippen LogP contribution in [0.25, 0.3) is 0 Å². The molecule has 0 spiro atoms. The Kier molecular flexibility index (Phi) is 3.76. The first kappa shape index (κ1) is 13.6. The molecule has 0 fully saturated rings. The van der Waals surface area contributed by atoms with Gasteiger partial charge in [-0.2, -0.15) is 0 Å². The van der Waals surface area contributed by atoms with E-state index in [1.165, 1.54) is 12.1 Å². The van der Waals surface area contributed by atoms with Crippen LogP contribution in [0, 0.1) is 5.82 Å². The van der Waals surface area contributed by atoms with Crippen molar-refractivity contribution in [2.45, 2.75) is 18.6 Å². The van der Waals surface area contributed by atoms with Crippen LogP contribution >= 0.6 is 15.9 Å². The Morgan fingerprint density at radius 1 is 1.20 bits per heavy atom. The first-order chi connectivity index (χ1) is 9.69. The smallest absolute Gasteiger partial charge is 0.127 e. The summed E-state index contributed by atoms with van der Waals surface area (Å²) in [4.78, 5) is 0. The van der Waals surface area contributed by atoms with Crippen molar-refractivity contribution in [2.75, 3.05) is 7.05 Å².